The zero-order valence-electron chi connectivity index (χ0n) is 16.8. The number of ether oxygens (including phenoxy) is 2. The summed E-state index contributed by atoms with van der Waals surface area (Å²) < 4.78 is 38.6. The van der Waals surface area contributed by atoms with Crippen LogP contribution in [0.25, 0.3) is 0 Å². The number of fused-ring (bicyclic) bond motifs is 1. The van der Waals surface area contributed by atoms with Gasteiger partial charge in [0.25, 0.3) is 0 Å². The fraction of sp³-hybridized carbons (Fsp3) is 0.455. The van der Waals surface area contributed by atoms with Gasteiger partial charge in [0, 0.05) is 32.7 Å². The minimum absolute atomic E-state index is 0.439. The Hall–Kier alpha value is -2.09. The minimum atomic E-state index is -3.41. The van der Waals surface area contributed by atoms with Crippen LogP contribution in [0.15, 0.2) is 47.4 Å². The third kappa shape index (κ3) is 4.57. The van der Waals surface area contributed by atoms with Crippen molar-refractivity contribution in [3.05, 3.63) is 53.6 Å². The zero-order valence-corrected chi connectivity index (χ0v) is 17.7. The molecule has 156 valence electrons. The number of benzene rings is 2. The van der Waals surface area contributed by atoms with Crippen molar-refractivity contribution in [2.24, 2.45) is 0 Å². The highest BCUT2D eigenvalue weighted by molar-refractivity contribution is 7.89. The summed E-state index contributed by atoms with van der Waals surface area (Å²) in [5.74, 6) is 1.61. The normalized spacial score (nSPS) is 17.8. The van der Waals surface area contributed by atoms with Gasteiger partial charge in [-0.2, -0.15) is 4.31 Å². The van der Waals surface area contributed by atoms with Gasteiger partial charge in [-0.05, 0) is 66.8 Å². The third-order valence-electron chi connectivity index (χ3n) is 5.77. The summed E-state index contributed by atoms with van der Waals surface area (Å²) in [6.45, 7) is 3.82. The molecule has 0 bridgehead atoms. The number of aryl methyl sites for hydroxylation is 2. The molecule has 0 unspecified atom stereocenters. The van der Waals surface area contributed by atoms with Gasteiger partial charge in [0.05, 0.1) is 12.0 Å². The molecule has 1 aliphatic heterocycles. The highest BCUT2D eigenvalue weighted by Crippen LogP contribution is 2.26. The van der Waals surface area contributed by atoms with E-state index in [-0.39, 0.29) is 0 Å². The van der Waals surface area contributed by atoms with Gasteiger partial charge >= 0.3 is 0 Å². The van der Waals surface area contributed by atoms with Gasteiger partial charge in [-0.1, -0.05) is 6.07 Å². The molecule has 0 aromatic heterocycles. The molecule has 1 fully saturated rings. The summed E-state index contributed by atoms with van der Waals surface area (Å²) in [5, 5.41) is 0. The van der Waals surface area contributed by atoms with E-state index in [0.717, 1.165) is 50.4 Å². The maximum Gasteiger partial charge on any atom is 0.243 e. The van der Waals surface area contributed by atoms with E-state index in [0.29, 0.717) is 24.6 Å². The maximum atomic E-state index is 13.0. The molecular formula is C22H28N2O4S. The van der Waals surface area contributed by atoms with E-state index in [1.54, 1.807) is 17.5 Å². The predicted octanol–water partition coefficient (Wildman–Crippen LogP) is 2.57. The number of methoxy groups -OCH3 is 1. The summed E-state index contributed by atoms with van der Waals surface area (Å²) in [7, 11) is -1.77. The Labute approximate surface area is 173 Å². The summed E-state index contributed by atoms with van der Waals surface area (Å²) in [5.41, 5.74) is 2.49. The van der Waals surface area contributed by atoms with Crippen LogP contribution in [0.5, 0.6) is 11.5 Å². The first-order valence-corrected chi connectivity index (χ1v) is 11.6. The second-order valence-electron chi connectivity index (χ2n) is 7.55. The van der Waals surface area contributed by atoms with Crippen LogP contribution in [0.3, 0.4) is 0 Å². The van der Waals surface area contributed by atoms with Gasteiger partial charge in [-0.3, -0.25) is 4.90 Å². The van der Waals surface area contributed by atoms with Crippen molar-refractivity contribution in [3.63, 3.8) is 0 Å². The number of hydrogen-bond donors (Lipinski definition) is 0. The molecule has 4 rings (SSSR count). The van der Waals surface area contributed by atoms with Crippen molar-refractivity contribution in [1.82, 2.24) is 9.21 Å². The molecule has 1 aliphatic carbocycles. The van der Waals surface area contributed by atoms with Crippen LogP contribution in [0.1, 0.15) is 17.5 Å². The number of nitrogens with zero attached hydrogens (tertiary/aromatic N) is 2. The molecule has 2 aromatic carbocycles. The Morgan fingerprint density at radius 2 is 1.59 bits per heavy atom. The summed E-state index contributed by atoms with van der Waals surface area (Å²) in [4.78, 5) is 2.69. The van der Waals surface area contributed by atoms with Gasteiger partial charge in [0.1, 0.15) is 18.1 Å². The fourth-order valence-electron chi connectivity index (χ4n) is 4.02. The smallest absolute Gasteiger partial charge is 0.243 e. The van der Waals surface area contributed by atoms with E-state index < -0.39 is 10.0 Å². The van der Waals surface area contributed by atoms with Crippen LogP contribution in [0.4, 0.5) is 0 Å². The number of hydrogen-bond acceptors (Lipinski definition) is 5. The summed E-state index contributed by atoms with van der Waals surface area (Å²) in [6, 6.07) is 13.2. The Kier molecular flexibility index (Phi) is 6.08. The van der Waals surface area contributed by atoms with Gasteiger partial charge in [0.2, 0.25) is 10.0 Å². The first-order chi connectivity index (χ1) is 14.1. The highest BCUT2D eigenvalue weighted by atomic mass is 32.2. The van der Waals surface area contributed by atoms with Crippen molar-refractivity contribution in [3.8, 4) is 11.5 Å². The molecule has 7 heteroatoms. The minimum Gasteiger partial charge on any atom is -0.497 e. The molecule has 6 nitrogen and oxygen atoms in total. The standard InChI is InChI=1S/C22H28N2O4S/c1-27-20-6-8-21(9-7-20)28-16-15-23-11-13-24(14-12-23)29(25,26)22-10-5-18-3-2-4-19(18)17-22/h5-10,17H,2-4,11-16H2,1H3. The SMILES string of the molecule is COc1ccc(OCCN2CCN(S(=O)(=O)c3ccc4c(c3)CCC4)CC2)cc1. The Bertz CT molecular complexity index is 936. The lowest BCUT2D eigenvalue weighted by molar-refractivity contribution is 0.159. The first-order valence-electron chi connectivity index (χ1n) is 10.2. The van der Waals surface area contributed by atoms with Crippen molar-refractivity contribution in [2.75, 3.05) is 46.4 Å². The van der Waals surface area contributed by atoms with Crippen molar-refractivity contribution >= 4 is 10.0 Å². The predicted molar refractivity (Wildman–Crippen MR) is 112 cm³/mol. The number of rotatable bonds is 7. The molecular weight excluding hydrogens is 388 g/mol. The Morgan fingerprint density at radius 1 is 0.897 bits per heavy atom. The van der Waals surface area contributed by atoms with Gasteiger partial charge in [-0.25, -0.2) is 8.42 Å². The molecule has 2 aromatic rings. The van der Waals surface area contributed by atoms with E-state index in [4.69, 9.17) is 9.47 Å². The third-order valence-corrected chi connectivity index (χ3v) is 7.67. The average molecular weight is 417 g/mol. The second-order valence-corrected chi connectivity index (χ2v) is 9.49. The van der Waals surface area contributed by atoms with E-state index in [1.165, 1.54) is 11.1 Å². The molecule has 2 aliphatic rings. The van der Waals surface area contributed by atoms with E-state index in [2.05, 4.69) is 4.90 Å². The van der Waals surface area contributed by atoms with Crippen LogP contribution in [0.2, 0.25) is 0 Å². The molecule has 0 radical (unpaired) electrons. The zero-order chi connectivity index (χ0) is 20.3. The van der Waals surface area contributed by atoms with Gasteiger partial charge in [-0.15, -0.1) is 0 Å². The number of sulfonamides is 1. The van der Waals surface area contributed by atoms with Crippen molar-refractivity contribution in [1.29, 1.82) is 0 Å². The quantitative estimate of drug-likeness (QED) is 0.694. The van der Waals surface area contributed by atoms with E-state index in [9.17, 15) is 8.42 Å². The summed E-state index contributed by atoms with van der Waals surface area (Å²) in [6.07, 6.45) is 3.17. The lowest BCUT2D eigenvalue weighted by atomic mass is 10.1. The Balaban J connectivity index is 1.27. The first kappa shape index (κ1) is 20.2. The lowest BCUT2D eigenvalue weighted by Gasteiger charge is -2.33. The maximum absolute atomic E-state index is 13.0. The molecule has 0 spiro atoms. The lowest BCUT2D eigenvalue weighted by Crippen LogP contribution is -2.49. The molecule has 0 N–H and O–H groups in total. The van der Waals surface area contributed by atoms with E-state index in [1.807, 2.05) is 36.4 Å². The van der Waals surface area contributed by atoms with Crippen LogP contribution >= 0.6 is 0 Å². The molecule has 0 atom stereocenters. The molecule has 1 heterocycles. The monoisotopic (exact) mass is 416 g/mol. The molecule has 0 saturated carbocycles. The van der Waals surface area contributed by atoms with Crippen LogP contribution < -0.4 is 9.47 Å². The van der Waals surface area contributed by atoms with Crippen LogP contribution in [0, 0.1) is 0 Å². The van der Waals surface area contributed by atoms with E-state index >= 15 is 0 Å². The van der Waals surface area contributed by atoms with Gasteiger partial charge in [0.15, 0.2) is 0 Å². The highest BCUT2D eigenvalue weighted by Gasteiger charge is 2.29. The summed E-state index contributed by atoms with van der Waals surface area (Å²) >= 11 is 0. The average Bonchev–Trinajstić information content (AvgIpc) is 3.22. The Morgan fingerprint density at radius 3 is 2.31 bits per heavy atom. The number of piperazine rings is 1. The molecule has 1 saturated heterocycles. The van der Waals surface area contributed by atoms with Crippen LogP contribution in [-0.2, 0) is 22.9 Å². The van der Waals surface area contributed by atoms with Crippen molar-refractivity contribution < 1.29 is 17.9 Å². The topological polar surface area (TPSA) is 59.1 Å². The largest absolute Gasteiger partial charge is 0.497 e. The molecule has 0 amide bonds. The second kappa shape index (κ2) is 8.73. The van der Waals surface area contributed by atoms with Crippen LogP contribution in [-0.4, -0.2) is 64.1 Å². The van der Waals surface area contributed by atoms with Gasteiger partial charge < -0.3 is 9.47 Å². The van der Waals surface area contributed by atoms with Crippen molar-refractivity contribution in [2.45, 2.75) is 24.2 Å². The fourth-order valence-corrected chi connectivity index (χ4v) is 5.49. The molecule has 29 heavy (non-hydrogen) atoms.